The Kier molecular flexibility index (Phi) is 7.79. The van der Waals surface area contributed by atoms with Crippen LogP contribution in [0.5, 0.6) is 11.8 Å². The van der Waals surface area contributed by atoms with E-state index in [0.29, 0.717) is 42.8 Å². The fraction of sp³-hybridized carbons (Fsp3) is 0.486. The molecule has 0 radical (unpaired) electrons. The topological polar surface area (TPSA) is 91.3 Å². The minimum Gasteiger partial charge on any atom is -0.508 e. The normalized spacial score (nSPS) is 25.4. The first-order chi connectivity index (χ1) is 23.4. The number of benzene rings is 3. The minimum absolute atomic E-state index is 0.000825. The Morgan fingerprint density at radius 3 is 2.59 bits per heavy atom. The van der Waals surface area contributed by atoms with Crippen LogP contribution in [0.25, 0.3) is 32.8 Å². The summed E-state index contributed by atoms with van der Waals surface area (Å²) in [5.41, 5.74) is -0.481. The number of aromatic hydroxyl groups is 1. The van der Waals surface area contributed by atoms with Gasteiger partial charge < -0.3 is 19.5 Å². The number of carbonyl (C=O) groups excluding carboxylic acids is 1. The van der Waals surface area contributed by atoms with Crippen LogP contribution in [0.2, 0.25) is 5.02 Å². The molecule has 1 N–H and O–H groups in total. The van der Waals surface area contributed by atoms with Gasteiger partial charge in [0.15, 0.2) is 5.82 Å². The zero-order chi connectivity index (χ0) is 34.2. The highest BCUT2D eigenvalue weighted by molar-refractivity contribution is 6.35. The summed E-state index contributed by atoms with van der Waals surface area (Å²) in [4.78, 5) is 28.8. The number of rotatable bonds is 5. The highest BCUT2D eigenvalue weighted by Crippen LogP contribution is 2.45. The first kappa shape index (κ1) is 32.3. The third-order valence-corrected chi connectivity index (χ3v) is 10.9. The summed E-state index contributed by atoms with van der Waals surface area (Å²) in [6, 6.07) is 12.0. The number of amides is 1. The van der Waals surface area contributed by atoms with Crippen LogP contribution in [-0.4, -0.2) is 93.1 Å². The van der Waals surface area contributed by atoms with Gasteiger partial charge in [0.2, 0.25) is 0 Å². The molecule has 9 nitrogen and oxygen atoms in total. The monoisotopic (exact) mass is 691 g/mol. The number of hydrogen-bond acceptors (Lipinski definition) is 8. The number of alkyl halides is 1. The number of aromatic nitrogens is 2. The second kappa shape index (κ2) is 11.8. The van der Waals surface area contributed by atoms with Gasteiger partial charge in [-0.15, -0.1) is 0 Å². The van der Waals surface area contributed by atoms with Gasteiger partial charge >= 0.3 is 12.1 Å². The van der Waals surface area contributed by atoms with E-state index in [2.05, 4.69) is 14.8 Å². The van der Waals surface area contributed by atoms with Crippen LogP contribution in [0.1, 0.15) is 52.9 Å². The molecule has 8 rings (SSSR count). The van der Waals surface area contributed by atoms with E-state index in [0.717, 1.165) is 43.0 Å². The molecule has 4 saturated heterocycles. The Balaban J connectivity index is 1.22. The van der Waals surface area contributed by atoms with E-state index in [1.807, 2.05) is 49.9 Å². The molecule has 2 bridgehead atoms. The summed E-state index contributed by atoms with van der Waals surface area (Å²) in [5, 5.41) is 12.6. The predicted octanol–water partition coefficient (Wildman–Crippen LogP) is 7.49. The third-order valence-electron chi connectivity index (χ3n) is 10.6. The van der Waals surface area contributed by atoms with Crippen LogP contribution in [0, 0.1) is 5.82 Å². The van der Waals surface area contributed by atoms with Gasteiger partial charge in [-0.05, 0) is 87.5 Å². The number of phenols is 1. The maximum Gasteiger partial charge on any atom is 0.410 e. The van der Waals surface area contributed by atoms with E-state index in [4.69, 9.17) is 26.1 Å². The minimum atomic E-state index is -0.923. The number of nitrogens with zero attached hydrogens (tertiary/aromatic N) is 5. The molecule has 4 atom stereocenters. The van der Waals surface area contributed by atoms with Gasteiger partial charge in [-0.2, -0.15) is 9.97 Å². The Morgan fingerprint density at radius 2 is 1.84 bits per heavy atom. The molecule has 4 aliphatic heterocycles. The van der Waals surface area contributed by atoms with Crippen molar-refractivity contribution in [2.24, 2.45) is 0 Å². The van der Waals surface area contributed by atoms with Crippen molar-refractivity contribution in [3.63, 3.8) is 0 Å². The lowest BCUT2D eigenvalue weighted by Crippen LogP contribution is -2.57. The van der Waals surface area contributed by atoms with Crippen LogP contribution >= 0.6 is 11.6 Å². The van der Waals surface area contributed by atoms with Crippen LogP contribution in [0.3, 0.4) is 0 Å². The molecule has 1 aromatic heterocycles. The fourth-order valence-corrected chi connectivity index (χ4v) is 8.84. The molecule has 4 aliphatic rings. The van der Waals surface area contributed by atoms with E-state index in [1.54, 1.807) is 12.1 Å². The number of anilines is 1. The Hall–Kier alpha value is -3.96. The SMILES string of the molecule is CC(C)(C)OC(=O)N1[C@@H]2CC[C@H]1CN(c1nc(OC[C@@]34CCCN3C[C@H](F)C4)nc3c(F)c(-c4cc(O)cc5ccccc45)c(Cl)cc13)C2. The van der Waals surface area contributed by atoms with Crippen molar-refractivity contribution < 1.29 is 28.2 Å². The summed E-state index contributed by atoms with van der Waals surface area (Å²) in [6.45, 7) is 7.87. The molecule has 258 valence electrons. The first-order valence-electron chi connectivity index (χ1n) is 17.1. The predicted molar refractivity (Wildman–Crippen MR) is 185 cm³/mol. The standard InChI is InChI=1S/C37H40ClF2N5O4/c1-36(2,3)49-35(47)45-23-9-10-24(45)19-43(18-23)33-28-15-29(38)30(27-14-25(46)13-21-7-4-5-8-26(21)27)31(40)32(28)41-34(42-33)48-20-37-11-6-12-44(37)17-22(39)16-37/h4-5,7-8,13-15,22-24,46H,6,9-12,16-20H2,1-3H3/t22-,23-,24+,37+/m1/s1. The highest BCUT2D eigenvalue weighted by Gasteiger charge is 2.50. The number of piperazine rings is 1. The lowest BCUT2D eigenvalue weighted by Gasteiger charge is -2.42. The Bertz CT molecular complexity index is 1960. The van der Waals surface area contributed by atoms with Crippen LogP contribution in [-0.2, 0) is 4.74 Å². The largest absolute Gasteiger partial charge is 0.508 e. The van der Waals surface area contributed by atoms with Crippen LogP contribution in [0.4, 0.5) is 19.4 Å². The van der Waals surface area contributed by atoms with Gasteiger partial charge in [0, 0.05) is 37.0 Å². The second-order valence-electron chi connectivity index (χ2n) is 15.0. The number of halogens is 3. The molecule has 3 aromatic carbocycles. The zero-order valence-corrected chi connectivity index (χ0v) is 28.6. The molecule has 12 heteroatoms. The van der Waals surface area contributed by atoms with Crippen molar-refractivity contribution in [2.45, 2.75) is 82.3 Å². The van der Waals surface area contributed by atoms with Crippen molar-refractivity contribution in [2.75, 3.05) is 37.7 Å². The molecule has 49 heavy (non-hydrogen) atoms. The molecule has 0 spiro atoms. The zero-order valence-electron chi connectivity index (χ0n) is 27.9. The van der Waals surface area contributed by atoms with Gasteiger partial charge in [-0.1, -0.05) is 35.9 Å². The Morgan fingerprint density at radius 1 is 1.08 bits per heavy atom. The van der Waals surface area contributed by atoms with Crippen LogP contribution < -0.4 is 9.64 Å². The van der Waals surface area contributed by atoms with E-state index in [-0.39, 0.29) is 52.6 Å². The van der Waals surface area contributed by atoms with Gasteiger partial charge in [0.1, 0.15) is 35.5 Å². The van der Waals surface area contributed by atoms with E-state index < -0.39 is 23.1 Å². The average Bonchev–Trinajstić information content (AvgIpc) is 3.66. The van der Waals surface area contributed by atoms with Crippen molar-refractivity contribution >= 4 is 45.2 Å². The number of phenolic OH excluding ortho intramolecular Hbond substituents is 1. The lowest BCUT2D eigenvalue weighted by atomic mass is 9.95. The van der Waals surface area contributed by atoms with Gasteiger partial charge in [-0.3, -0.25) is 9.80 Å². The summed E-state index contributed by atoms with van der Waals surface area (Å²) in [6.07, 6.45) is 2.49. The number of carbonyl (C=O) groups is 1. The molecule has 1 amide bonds. The molecule has 5 heterocycles. The summed E-state index contributed by atoms with van der Waals surface area (Å²) >= 11 is 6.93. The van der Waals surface area contributed by atoms with Crippen molar-refractivity contribution in [3.8, 4) is 22.9 Å². The quantitative estimate of drug-likeness (QED) is 0.230. The number of ether oxygens (including phenoxy) is 2. The average molecular weight is 692 g/mol. The molecule has 0 saturated carbocycles. The number of hydrogen-bond donors (Lipinski definition) is 1. The molecule has 0 aliphatic carbocycles. The second-order valence-corrected chi connectivity index (χ2v) is 15.4. The van der Waals surface area contributed by atoms with Crippen molar-refractivity contribution in [1.82, 2.24) is 19.8 Å². The summed E-state index contributed by atoms with van der Waals surface area (Å²) in [7, 11) is 0. The van der Waals surface area contributed by atoms with Gasteiger partial charge in [-0.25, -0.2) is 13.6 Å². The first-order valence-corrected chi connectivity index (χ1v) is 17.5. The molecular weight excluding hydrogens is 652 g/mol. The number of fused-ring (bicyclic) bond motifs is 5. The Labute approximate surface area is 288 Å². The van der Waals surface area contributed by atoms with E-state index in [9.17, 15) is 14.3 Å². The maximum atomic E-state index is 17.0. The van der Waals surface area contributed by atoms with Gasteiger partial charge in [0.25, 0.3) is 0 Å². The van der Waals surface area contributed by atoms with Gasteiger partial charge in [0.05, 0.1) is 22.6 Å². The summed E-state index contributed by atoms with van der Waals surface area (Å²) in [5.74, 6) is -0.213. The van der Waals surface area contributed by atoms with Crippen LogP contribution in [0.15, 0.2) is 42.5 Å². The molecule has 0 unspecified atom stereocenters. The highest BCUT2D eigenvalue weighted by atomic mass is 35.5. The molecular formula is C37H40ClF2N5O4. The smallest absolute Gasteiger partial charge is 0.410 e. The fourth-order valence-electron chi connectivity index (χ4n) is 8.55. The molecule has 4 aromatic rings. The van der Waals surface area contributed by atoms with E-state index >= 15 is 4.39 Å². The molecule has 4 fully saturated rings. The van der Waals surface area contributed by atoms with Crippen molar-refractivity contribution in [1.29, 1.82) is 0 Å². The third kappa shape index (κ3) is 5.68. The summed E-state index contributed by atoms with van der Waals surface area (Å²) < 4.78 is 43.7. The maximum absolute atomic E-state index is 17.0. The lowest BCUT2D eigenvalue weighted by molar-refractivity contribution is 0.0122. The van der Waals surface area contributed by atoms with E-state index in [1.165, 1.54) is 6.07 Å². The van der Waals surface area contributed by atoms with Crippen molar-refractivity contribution in [3.05, 3.63) is 53.3 Å².